The molecule has 48 valence electrons. The highest BCUT2D eigenvalue weighted by molar-refractivity contribution is 5.70. The van der Waals surface area contributed by atoms with Crippen LogP contribution in [0.2, 0.25) is 0 Å². The van der Waals surface area contributed by atoms with E-state index in [1.165, 1.54) is 0 Å². The largest absolute Gasteiger partial charge is 0.388 e. The number of carbonyl (C=O) groups is 1. The summed E-state index contributed by atoms with van der Waals surface area (Å²) in [4.78, 5) is 9.41. The summed E-state index contributed by atoms with van der Waals surface area (Å²) < 4.78 is 4.25. The van der Waals surface area contributed by atoms with Gasteiger partial charge in [-0.25, -0.2) is 0 Å². The molecule has 0 unspecified atom stereocenters. The summed E-state index contributed by atoms with van der Waals surface area (Å²) in [5.74, 6) is 0. The van der Waals surface area contributed by atoms with E-state index >= 15 is 0 Å². The van der Waals surface area contributed by atoms with Crippen molar-refractivity contribution in [2.45, 2.75) is 6.92 Å². The lowest BCUT2D eigenvalue weighted by Gasteiger charge is -1.65. The molecule has 0 aromatic heterocycles. The summed E-state index contributed by atoms with van der Waals surface area (Å²) in [6.07, 6.45) is 0.722. The van der Waals surface area contributed by atoms with Crippen molar-refractivity contribution in [3.63, 3.8) is 0 Å². The molecule has 0 spiro atoms. The van der Waals surface area contributed by atoms with E-state index in [9.17, 15) is 4.79 Å². The maximum atomic E-state index is 9.41. The van der Waals surface area contributed by atoms with Crippen molar-refractivity contribution in [1.82, 2.24) is 0 Å². The number of aldehydes is 1. The summed E-state index contributed by atoms with van der Waals surface area (Å²) in [7, 11) is 3.25. The van der Waals surface area contributed by atoms with Gasteiger partial charge in [-0.05, 0) is 12.5 Å². The first-order chi connectivity index (χ1) is 3.68. The van der Waals surface area contributed by atoms with Crippen LogP contribution in [0.3, 0.4) is 0 Å². The van der Waals surface area contributed by atoms with Crippen molar-refractivity contribution in [2.24, 2.45) is 0 Å². The standard InChI is InChI=1S/C4H6O.C2H6O/c1-4(2)3-5;1-3-2/h3H,1H2,2H3;1-2H3. The maximum Gasteiger partial charge on any atom is 0.145 e. The number of hydrogen-bond donors (Lipinski definition) is 0. The highest BCUT2D eigenvalue weighted by atomic mass is 16.4. The van der Waals surface area contributed by atoms with Gasteiger partial charge in [-0.2, -0.15) is 0 Å². The molecule has 2 nitrogen and oxygen atoms in total. The summed E-state index contributed by atoms with van der Waals surface area (Å²) >= 11 is 0. The van der Waals surface area contributed by atoms with Gasteiger partial charge in [0, 0.05) is 14.2 Å². The van der Waals surface area contributed by atoms with Crippen LogP contribution in [0.1, 0.15) is 6.92 Å². The Balaban J connectivity index is 0. The van der Waals surface area contributed by atoms with Crippen molar-refractivity contribution >= 4 is 6.29 Å². The molecule has 8 heavy (non-hydrogen) atoms. The van der Waals surface area contributed by atoms with Crippen LogP contribution in [-0.4, -0.2) is 20.5 Å². The number of rotatable bonds is 1. The SMILES string of the molecule is C=C(C)C=O.COC. The zero-order chi connectivity index (χ0) is 6.99. The van der Waals surface area contributed by atoms with Crippen molar-refractivity contribution in [3.8, 4) is 0 Å². The fraction of sp³-hybridized carbons (Fsp3) is 0.500. The Morgan fingerprint density at radius 2 is 1.75 bits per heavy atom. The monoisotopic (exact) mass is 116 g/mol. The van der Waals surface area contributed by atoms with Crippen LogP contribution in [0, 0.1) is 0 Å². The summed E-state index contributed by atoms with van der Waals surface area (Å²) in [6.45, 7) is 4.97. The molecule has 0 heterocycles. The second-order valence-electron chi connectivity index (χ2n) is 1.37. The van der Waals surface area contributed by atoms with E-state index in [1.807, 2.05) is 0 Å². The van der Waals surface area contributed by atoms with E-state index in [-0.39, 0.29) is 0 Å². The molecular formula is C6H12O2. The molecule has 0 aliphatic heterocycles. The Kier molecular flexibility index (Phi) is 12.5. The van der Waals surface area contributed by atoms with Crippen LogP contribution in [0.15, 0.2) is 12.2 Å². The maximum absolute atomic E-state index is 9.41. The molecule has 0 rings (SSSR count). The molecule has 0 amide bonds. The lowest BCUT2D eigenvalue weighted by Crippen LogP contribution is -1.65. The number of hydrogen-bond acceptors (Lipinski definition) is 2. The van der Waals surface area contributed by atoms with Crippen LogP contribution >= 0.6 is 0 Å². The molecule has 0 aromatic carbocycles. The first-order valence-electron chi connectivity index (χ1n) is 2.19. The van der Waals surface area contributed by atoms with Gasteiger partial charge in [0.15, 0.2) is 0 Å². The minimum Gasteiger partial charge on any atom is -0.388 e. The second-order valence-corrected chi connectivity index (χ2v) is 1.37. The highest BCUT2D eigenvalue weighted by Crippen LogP contribution is 1.70. The van der Waals surface area contributed by atoms with Gasteiger partial charge in [0.25, 0.3) is 0 Å². The van der Waals surface area contributed by atoms with Gasteiger partial charge < -0.3 is 4.74 Å². The van der Waals surface area contributed by atoms with Crippen LogP contribution in [-0.2, 0) is 9.53 Å². The molecule has 0 fully saturated rings. The van der Waals surface area contributed by atoms with Gasteiger partial charge in [0.05, 0.1) is 0 Å². The van der Waals surface area contributed by atoms with E-state index in [0.717, 1.165) is 6.29 Å². The quantitative estimate of drug-likeness (QED) is 0.377. The number of carbonyl (C=O) groups excluding carboxylic acids is 1. The first kappa shape index (κ1) is 10.4. The van der Waals surface area contributed by atoms with E-state index in [1.54, 1.807) is 21.1 Å². The molecule has 0 radical (unpaired) electrons. The van der Waals surface area contributed by atoms with Crippen LogP contribution in [0.25, 0.3) is 0 Å². The fourth-order valence-corrected chi connectivity index (χ4v) is 0. The fourth-order valence-electron chi connectivity index (χ4n) is 0. The Morgan fingerprint density at radius 1 is 1.62 bits per heavy atom. The van der Waals surface area contributed by atoms with Crippen LogP contribution < -0.4 is 0 Å². The molecule has 0 bridgehead atoms. The third-order valence-electron chi connectivity index (χ3n) is 0.201. The molecule has 0 saturated carbocycles. The first-order valence-corrected chi connectivity index (χ1v) is 2.19. The van der Waals surface area contributed by atoms with Gasteiger partial charge in [-0.15, -0.1) is 0 Å². The predicted molar refractivity (Wildman–Crippen MR) is 33.8 cm³/mol. The number of ether oxygens (including phenoxy) is 1. The van der Waals surface area contributed by atoms with Gasteiger partial charge in [0.2, 0.25) is 0 Å². The third-order valence-corrected chi connectivity index (χ3v) is 0.201. The number of methoxy groups -OCH3 is 1. The molecule has 0 aromatic rings. The lowest BCUT2D eigenvalue weighted by molar-refractivity contribution is -0.104. The van der Waals surface area contributed by atoms with Crippen molar-refractivity contribution in [1.29, 1.82) is 0 Å². The highest BCUT2D eigenvalue weighted by Gasteiger charge is 1.66. The molecule has 0 saturated heterocycles. The average molecular weight is 116 g/mol. The Labute approximate surface area is 50.2 Å². The average Bonchev–Trinajstić information content (AvgIpc) is 1.69. The molecule has 0 aliphatic rings. The minimum absolute atomic E-state index is 0.574. The van der Waals surface area contributed by atoms with Gasteiger partial charge >= 0.3 is 0 Å². The van der Waals surface area contributed by atoms with E-state index < -0.39 is 0 Å². The smallest absolute Gasteiger partial charge is 0.145 e. The second kappa shape index (κ2) is 9.62. The van der Waals surface area contributed by atoms with Crippen molar-refractivity contribution in [2.75, 3.05) is 14.2 Å². The van der Waals surface area contributed by atoms with Crippen molar-refractivity contribution < 1.29 is 9.53 Å². The lowest BCUT2D eigenvalue weighted by atomic mass is 10.4. The molecule has 0 N–H and O–H groups in total. The van der Waals surface area contributed by atoms with Gasteiger partial charge in [-0.1, -0.05) is 6.58 Å². The Hall–Kier alpha value is -0.630. The van der Waals surface area contributed by atoms with Crippen LogP contribution in [0.5, 0.6) is 0 Å². The molecule has 2 heteroatoms. The zero-order valence-electron chi connectivity index (χ0n) is 5.60. The van der Waals surface area contributed by atoms with E-state index in [4.69, 9.17) is 0 Å². The zero-order valence-corrected chi connectivity index (χ0v) is 5.60. The Morgan fingerprint density at radius 3 is 1.75 bits per heavy atom. The van der Waals surface area contributed by atoms with Crippen LogP contribution in [0.4, 0.5) is 0 Å². The number of allylic oxidation sites excluding steroid dienone is 1. The van der Waals surface area contributed by atoms with E-state index in [0.29, 0.717) is 5.57 Å². The van der Waals surface area contributed by atoms with Gasteiger partial charge in [0.1, 0.15) is 6.29 Å². The third kappa shape index (κ3) is 54.6. The summed E-state index contributed by atoms with van der Waals surface area (Å²) in [6, 6.07) is 0. The summed E-state index contributed by atoms with van der Waals surface area (Å²) in [5.41, 5.74) is 0.574. The predicted octanol–water partition coefficient (Wildman–Crippen LogP) is 1.02. The van der Waals surface area contributed by atoms with Gasteiger partial charge in [-0.3, -0.25) is 4.79 Å². The molecule has 0 aliphatic carbocycles. The minimum atomic E-state index is 0.574. The van der Waals surface area contributed by atoms with Crippen molar-refractivity contribution in [3.05, 3.63) is 12.2 Å². The normalized spacial score (nSPS) is 6.38. The topological polar surface area (TPSA) is 26.3 Å². The molecule has 0 atom stereocenters. The Bertz CT molecular complexity index is 66.9. The molecular weight excluding hydrogens is 104 g/mol. The van der Waals surface area contributed by atoms with E-state index in [2.05, 4.69) is 11.3 Å². The summed E-state index contributed by atoms with van der Waals surface area (Å²) in [5, 5.41) is 0.